The lowest BCUT2D eigenvalue weighted by molar-refractivity contribution is -0.385. The van der Waals surface area contributed by atoms with Crippen LogP contribution in [0.15, 0.2) is 53.9 Å². The average Bonchev–Trinajstić information content (AvgIpc) is 3.28. The van der Waals surface area contributed by atoms with Gasteiger partial charge in [0.15, 0.2) is 0 Å². The van der Waals surface area contributed by atoms with Crippen molar-refractivity contribution in [3.8, 4) is 17.0 Å². The first-order valence-corrected chi connectivity index (χ1v) is 8.99. The third-order valence-electron chi connectivity index (χ3n) is 4.04. The number of para-hydroxylation sites is 2. The van der Waals surface area contributed by atoms with Gasteiger partial charge in [-0.05, 0) is 18.2 Å². The van der Waals surface area contributed by atoms with Gasteiger partial charge in [0, 0.05) is 17.0 Å². The predicted molar refractivity (Wildman–Crippen MR) is 104 cm³/mol. The lowest BCUT2D eigenvalue weighted by Crippen LogP contribution is -2.15. The molecule has 0 atom stereocenters. The summed E-state index contributed by atoms with van der Waals surface area (Å²) in [6.07, 6.45) is 0. The minimum Gasteiger partial charge on any atom is -0.496 e. The molecule has 28 heavy (non-hydrogen) atoms. The number of methoxy groups -OCH3 is 1. The molecule has 2 aromatic heterocycles. The summed E-state index contributed by atoms with van der Waals surface area (Å²) in [5, 5.41) is 19.9. The maximum Gasteiger partial charge on any atom is 0.282 e. The Labute approximate surface area is 162 Å². The fourth-order valence-electron chi connectivity index (χ4n) is 2.77. The Bertz CT molecular complexity index is 1200. The number of hydrogen-bond acceptors (Lipinski definition) is 7. The molecule has 0 radical (unpaired) electrons. The van der Waals surface area contributed by atoms with E-state index >= 15 is 0 Å². The van der Waals surface area contributed by atoms with E-state index in [1.54, 1.807) is 17.7 Å². The zero-order chi connectivity index (χ0) is 19.7. The van der Waals surface area contributed by atoms with E-state index < -0.39 is 10.8 Å². The summed E-state index contributed by atoms with van der Waals surface area (Å²) in [6.45, 7) is 0. The summed E-state index contributed by atoms with van der Waals surface area (Å²) in [5.41, 5.74) is 1.25. The van der Waals surface area contributed by atoms with Gasteiger partial charge in [-0.25, -0.2) is 4.52 Å². The van der Waals surface area contributed by atoms with E-state index in [0.29, 0.717) is 10.7 Å². The third-order valence-corrected chi connectivity index (χ3v) is 4.85. The van der Waals surface area contributed by atoms with E-state index in [1.807, 2.05) is 29.6 Å². The fourth-order valence-corrected chi connectivity index (χ4v) is 3.59. The summed E-state index contributed by atoms with van der Waals surface area (Å²) in [4.78, 5) is 27.8. The number of ether oxygens (including phenoxy) is 1. The zero-order valence-corrected chi connectivity index (χ0v) is 15.3. The fraction of sp³-hybridized carbons (Fsp3) is 0.0556. The molecule has 0 aliphatic rings. The molecule has 0 spiro atoms. The Morgan fingerprint density at radius 1 is 1.21 bits per heavy atom. The molecular formula is C18H13N5O4S. The summed E-state index contributed by atoms with van der Waals surface area (Å²) < 4.78 is 6.99. The van der Waals surface area contributed by atoms with Crippen LogP contribution in [0, 0.1) is 10.1 Å². The quantitative estimate of drug-likeness (QED) is 0.408. The number of fused-ring (bicyclic) bond motifs is 1. The Morgan fingerprint density at radius 3 is 2.75 bits per heavy atom. The molecule has 0 bridgehead atoms. The van der Waals surface area contributed by atoms with Crippen LogP contribution in [0.3, 0.4) is 0 Å². The van der Waals surface area contributed by atoms with Gasteiger partial charge >= 0.3 is 0 Å². The van der Waals surface area contributed by atoms with Crippen molar-refractivity contribution in [3.63, 3.8) is 0 Å². The van der Waals surface area contributed by atoms with Crippen molar-refractivity contribution in [2.24, 2.45) is 0 Å². The third kappa shape index (κ3) is 3.05. The lowest BCUT2D eigenvalue weighted by Gasteiger charge is -2.06. The second-order valence-electron chi connectivity index (χ2n) is 5.68. The van der Waals surface area contributed by atoms with Gasteiger partial charge in [-0.1, -0.05) is 24.3 Å². The van der Waals surface area contributed by atoms with E-state index in [4.69, 9.17) is 4.74 Å². The highest BCUT2D eigenvalue weighted by atomic mass is 32.1. The van der Waals surface area contributed by atoms with Crippen LogP contribution in [0.5, 0.6) is 5.75 Å². The van der Waals surface area contributed by atoms with Gasteiger partial charge in [0.1, 0.15) is 11.3 Å². The van der Waals surface area contributed by atoms with Gasteiger partial charge in [0.25, 0.3) is 17.5 Å². The molecule has 10 heteroatoms. The zero-order valence-electron chi connectivity index (χ0n) is 14.5. The number of carbonyl (C=O) groups is 1. The molecule has 9 nitrogen and oxygen atoms in total. The monoisotopic (exact) mass is 395 g/mol. The predicted octanol–water partition coefficient (Wildman–Crippen LogP) is 3.63. The van der Waals surface area contributed by atoms with Gasteiger partial charge in [-0.2, -0.15) is 4.98 Å². The first-order valence-electron chi connectivity index (χ1n) is 8.11. The van der Waals surface area contributed by atoms with Crippen molar-refractivity contribution in [1.82, 2.24) is 14.6 Å². The van der Waals surface area contributed by atoms with E-state index in [2.05, 4.69) is 15.4 Å². The normalized spacial score (nSPS) is 10.8. The van der Waals surface area contributed by atoms with Gasteiger partial charge in [0.05, 0.1) is 17.7 Å². The number of hydrogen-bond donors (Lipinski definition) is 1. The molecule has 0 saturated heterocycles. The number of rotatable bonds is 5. The molecule has 4 aromatic rings. The number of aromatic nitrogens is 3. The molecule has 1 N–H and O–H groups in total. The van der Waals surface area contributed by atoms with Crippen LogP contribution in [0.25, 0.3) is 16.2 Å². The van der Waals surface area contributed by atoms with Gasteiger partial charge in [-0.15, -0.1) is 16.4 Å². The number of nitro groups is 1. The number of thiazole rings is 1. The standard InChI is InChI=1S/C18H13N5O4S/c1-27-15-9-5-3-6-11(15)14-10-28-18-20-17(21-22(14)18)19-16(24)12-7-2-4-8-13(12)23(25)26/h2-10H,1H3,(H,19,21,24). The first-order chi connectivity index (χ1) is 13.6. The molecule has 0 fully saturated rings. The van der Waals surface area contributed by atoms with Gasteiger partial charge in [0.2, 0.25) is 4.96 Å². The molecule has 140 valence electrons. The second kappa shape index (κ2) is 7.08. The number of anilines is 1. The topological polar surface area (TPSA) is 112 Å². The number of nitro benzene ring substituents is 1. The highest BCUT2D eigenvalue weighted by molar-refractivity contribution is 7.15. The summed E-state index contributed by atoms with van der Waals surface area (Å²) in [6, 6.07) is 13.2. The van der Waals surface area contributed by atoms with Crippen LogP contribution >= 0.6 is 11.3 Å². The number of nitrogens with zero attached hydrogens (tertiary/aromatic N) is 4. The van der Waals surface area contributed by atoms with E-state index in [1.165, 1.54) is 29.5 Å². The minimum atomic E-state index is -0.649. The number of nitrogens with one attached hydrogen (secondary N) is 1. The number of amides is 1. The van der Waals surface area contributed by atoms with Crippen LogP contribution in [0.1, 0.15) is 10.4 Å². The highest BCUT2D eigenvalue weighted by Crippen LogP contribution is 2.32. The van der Waals surface area contributed by atoms with E-state index in [0.717, 1.165) is 11.3 Å². The second-order valence-corrected chi connectivity index (χ2v) is 6.52. The van der Waals surface area contributed by atoms with Crippen molar-refractivity contribution in [2.75, 3.05) is 12.4 Å². The molecule has 4 rings (SSSR count). The molecule has 0 unspecified atom stereocenters. The van der Waals surface area contributed by atoms with Crippen LogP contribution in [-0.2, 0) is 0 Å². The van der Waals surface area contributed by atoms with E-state index in [9.17, 15) is 14.9 Å². The van der Waals surface area contributed by atoms with Crippen LogP contribution in [0.2, 0.25) is 0 Å². The Kier molecular flexibility index (Phi) is 4.45. The first kappa shape index (κ1) is 17.6. The Hall–Kier alpha value is -3.79. The Morgan fingerprint density at radius 2 is 1.96 bits per heavy atom. The van der Waals surface area contributed by atoms with Crippen LogP contribution in [-0.4, -0.2) is 32.5 Å². The van der Waals surface area contributed by atoms with Crippen molar-refractivity contribution in [2.45, 2.75) is 0 Å². The molecule has 0 saturated carbocycles. The Balaban J connectivity index is 1.68. The largest absolute Gasteiger partial charge is 0.496 e. The molecule has 1 amide bonds. The van der Waals surface area contributed by atoms with Crippen LogP contribution < -0.4 is 10.1 Å². The van der Waals surface area contributed by atoms with Gasteiger partial charge < -0.3 is 4.74 Å². The maximum atomic E-state index is 12.5. The maximum absolute atomic E-state index is 12.5. The lowest BCUT2D eigenvalue weighted by atomic mass is 10.1. The summed E-state index contributed by atoms with van der Waals surface area (Å²) in [7, 11) is 1.59. The minimum absolute atomic E-state index is 0.0596. The molecular weight excluding hydrogens is 382 g/mol. The number of benzene rings is 2. The summed E-state index contributed by atoms with van der Waals surface area (Å²) in [5.74, 6) is 0.0961. The van der Waals surface area contributed by atoms with Crippen molar-refractivity contribution in [1.29, 1.82) is 0 Å². The molecule has 0 aliphatic heterocycles. The SMILES string of the molecule is COc1ccccc1-c1csc2nc(NC(=O)c3ccccc3[N+](=O)[O-])nn12. The van der Waals surface area contributed by atoms with Gasteiger partial charge in [-0.3, -0.25) is 20.2 Å². The average molecular weight is 395 g/mol. The van der Waals surface area contributed by atoms with Crippen molar-refractivity contribution >= 4 is 33.8 Å². The van der Waals surface area contributed by atoms with E-state index in [-0.39, 0.29) is 17.2 Å². The summed E-state index contributed by atoms with van der Waals surface area (Å²) >= 11 is 1.35. The molecule has 2 aromatic carbocycles. The smallest absolute Gasteiger partial charge is 0.282 e. The highest BCUT2D eigenvalue weighted by Gasteiger charge is 2.21. The molecule has 2 heterocycles. The van der Waals surface area contributed by atoms with Crippen molar-refractivity contribution in [3.05, 3.63) is 69.6 Å². The number of carbonyl (C=O) groups excluding carboxylic acids is 1. The molecule has 0 aliphatic carbocycles. The van der Waals surface area contributed by atoms with Crippen molar-refractivity contribution < 1.29 is 14.5 Å². The van der Waals surface area contributed by atoms with Crippen LogP contribution in [0.4, 0.5) is 11.6 Å².